The summed E-state index contributed by atoms with van der Waals surface area (Å²) in [5.74, 6) is 1.75. The van der Waals surface area contributed by atoms with Gasteiger partial charge >= 0.3 is 0 Å². The first-order valence-electron chi connectivity index (χ1n) is 8.09. The number of aliphatic hydroxyl groups is 1. The summed E-state index contributed by atoms with van der Waals surface area (Å²) in [6.07, 6.45) is 4.84. The molecule has 0 aliphatic carbocycles. The van der Waals surface area contributed by atoms with Gasteiger partial charge < -0.3 is 15.3 Å². The SMILES string of the molecule is CCCNC(C)(CO)CCN1CCC(C(C)C)CC1. The standard InChI is InChI=1S/C16H34N2O/c1-5-9-17-16(4,13-19)8-12-18-10-6-15(7-11-18)14(2)3/h14-15,17,19H,5-13H2,1-4H3. The molecule has 0 aromatic carbocycles. The highest BCUT2D eigenvalue weighted by atomic mass is 16.3. The molecule has 0 aromatic heterocycles. The van der Waals surface area contributed by atoms with E-state index in [1.807, 2.05) is 0 Å². The topological polar surface area (TPSA) is 35.5 Å². The molecule has 114 valence electrons. The largest absolute Gasteiger partial charge is 0.394 e. The number of hydrogen-bond donors (Lipinski definition) is 2. The van der Waals surface area contributed by atoms with Gasteiger partial charge in [0.1, 0.15) is 0 Å². The summed E-state index contributed by atoms with van der Waals surface area (Å²) in [5.41, 5.74) is -0.106. The first-order chi connectivity index (χ1) is 9.00. The average molecular weight is 270 g/mol. The number of nitrogens with zero attached hydrogens (tertiary/aromatic N) is 1. The van der Waals surface area contributed by atoms with Crippen LogP contribution >= 0.6 is 0 Å². The van der Waals surface area contributed by atoms with Gasteiger partial charge in [0.2, 0.25) is 0 Å². The summed E-state index contributed by atoms with van der Waals surface area (Å²) in [4.78, 5) is 2.57. The number of likely N-dealkylation sites (tertiary alicyclic amines) is 1. The minimum Gasteiger partial charge on any atom is -0.394 e. The highest BCUT2D eigenvalue weighted by Gasteiger charge is 2.25. The molecule has 0 bridgehead atoms. The van der Waals surface area contributed by atoms with Crippen molar-refractivity contribution in [1.82, 2.24) is 10.2 Å². The van der Waals surface area contributed by atoms with E-state index in [0.29, 0.717) is 0 Å². The molecule has 1 saturated heterocycles. The van der Waals surface area contributed by atoms with Crippen LogP contribution in [0.1, 0.15) is 53.4 Å². The van der Waals surface area contributed by atoms with Crippen LogP contribution in [-0.2, 0) is 0 Å². The zero-order valence-electron chi connectivity index (χ0n) is 13.4. The quantitative estimate of drug-likeness (QED) is 0.711. The Labute approximate surface area is 119 Å². The number of aliphatic hydroxyl groups excluding tert-OH is 1. The third-order valence-electron chi connectivity index (χ3n) is 4.71. The minimum absolute atomic E-state index is 0.106. The molecule has 1 aliphatic heterocycles. The Morgan fingerprint density at radius 2 is 1.95 bits per heavy atom. The maximum Gasteiger partial charge on any atom is 0.0611 e. The Balaban J connectivity index is 2.28. The Hall–Kier alpha value is -0.120. The summed E-state index contributed by atoms with van der Waals surface area (Å²) >= 11 is 0. The second kappa shape index (κ2) is 8.23. The van der Waals surface area contributed by atoms with Gasteiger partial charge in [-0.2, -0.15) is 0 Å². The van der Waals surface area contributed by atoms with Crippen LogP contribution in [0.3, 0.4) is 0 Å². The van der Waals surface area contributed by atoms with Gasteiger partial charge in [0.25, 0.3) is 0 Å². The van der Waals surface area contributed by atoms with Crippen molar-refractivity contribution in [1.29, 1.82) is 0 Å². The van der Waals surface area contributed by atoms with E-state index < -0.39 is 0 Å². The molecular weight excluding hydrogens is 236 g/mol. The normalized spacial score (nSPS) is 21.8. The number of piperidine rings is 1. The fraction of sp³-hybridized carbons (Fsp3) is 1.00. The van der Waals surface area contributed by atoms with Crippen molar-refractivity contribution >= 4 is 0 Å². The van der Waals surface area contributed by atoms with E-state index in [0.717, 1.165) is 37.8 Å². The van der Waals surface area contributed by atoms with Crippen molar-refractivity contribution in [3.8, 4) is 0 Å². The molecule has 0 radical (unpaired) electrons. The maximum atomic E-state index is 9.58. The van der Waals surface area contributed by atoms with Gasteiger partial charge in [-0.25, -0.2) is 0 Å². The lowest BCUT2D eigenvalue weighted by Gasteiger charge is -2.36. The molecule has 1 atom stereocenters. The molecule has 1 rings (SSSR count). The van der Waals surface area contributed by atoms with Crippen LogP contribution in [0.5, 0.6) is 0 Å². The number of hydrogen-bond acceptors (Lipinski definition) is 3. The first kappa shape index (κ1) is 16.9. The number of rotatable bonds is 8. The highest BCUT2D eigenvalue weighted by molar-refractivity contribution is 4.84. The summed E-state index contributed by atoms with van der Waals surface area (Å²) in [5, 5.41) is 13.1. The van der Waals surface area contributed by atoms with E-state index in [2.05, 4.69) is 37.9 Å². The second-order valence-electron chi connectivity index (χ2n) is 6.82. The van der Waals surface area contributed by atoms with Crippen molar-refractivity contribution in [2.75, 3.05) is 32.8 Å². The zero-order valence-corrected chi connectivity index (χ0v) is 13.4. The predicted octanol–water partition coefficient (Wildman–Crippen LogP) is 2.50. The third kappa shape index (κ3) is 5.80. The summed E-state index contributed by atoms with van der Waals surface area (Å²) in [7, 11) is 0. The van der Waals surface area contributed by atoms with Gasteiger partial charge in [-0.15, -0.1) is 0 Å². The van der Waals surface area contributed by atoms with Gasteiger partial charge in [0, 0.05) is 5.54 Å². The lowest BCUT2D eigenvalue weighted by atomic mass is 9.86. The Morgan fingerprint density at radius 1 is 1.32 bits per heavy atom. The van der Waals surface area contributed by atoms with Crippen LogP contribution in [0.25, 0.3) is 0 Å². The zero-order chi connectivity index (χ0) is 14.3. The fourth-order valence-corrected chi connectivity index (χ4v) is 2.90. The van der Waals surface area contributed by atoms with E-state index in [9.17, 15) is 5.11 Å². The van der Waals surface area contributed by atoms with Crippen LogP contribution in [-0.4, -0.2) is 48.3 Å². The number of nitrogens with one attached hydrogen (secondary N) is 1. The molecule has 19 heavy (non-hydrogen) atoms. The molecule has 0 saturated carbocycles. The first-order valence-corrected chi connectivity index (χ1v) is 8.09. The predicted molar refractivity (Wildman–Crippen MR) is 82.4 cm³/mol. The van der Waals surface area contributed by atoms with Crippen molar-refractivity contribution in [2.24, 2.45) is 11.8 Å². The summed E-state index contributed by atoms with van der Waals surface area (Å²) < 4.78 is 0. The van der Waals surface area contributed by atoms with Crippen LogP contribution in [0.15, 0.2) is 0 Å². The lowest BCUT2D eigenvalue weighted by molar-refractivity contribution is 0.118. The minimum atomic E-state index is -0.106. The molecule has 1 unspecified atom stereocenters. The summed E-state index contributed by atoms with van der Waals surface area (Å²) in [6, 6.07) is 0. The fourth-order valence-electron chi connectivity index (χ4n) is 2.90. The third-order valence-corrected chi connectivity index (χ3v) is 4.71. The van der Waals surface area contributed by atoms with Gasteiger partial charge in [0.15, 0.2) is 0 Å². The van der Waals surface area contributed by atoms with Gasteiger partial charge in [-0.3, -0.25) is 0 Å². The molecule has 0 amide bonds. The van der Waals surface area contributed by atoms with Crippen LogP contribution in [0.4, 0.5) is 0 Å². The van der Waals surface area contributed by atoms with Crippen molar-refractivity contribution < 1.29 is 5.11 Å². The molecule has 3 heteroatoms. The molecule has 0 spiro atoms. The second-order valence-corrected chi connectivity index (χ2v) is 6.82. The Morgan fingerprint density at radius 3 is 2.42 bits per heavy atom. The van der Waals surface area contributed by atoms with Gasteiger partial charge in [0.05, 0.1) is 6.61 Å². The molecule has 1 heterocycles. The van der Waals surface area contributed by atoms with Crippen LogP contribution in [0, 0.1) is 11.8 Å². The van der Waals surface area contributed by atoms with Gasteiger partial charge in [-0.1, -0.05) is 20.8 Å². The monoisotopic (exact) mass is 270 g/mol. The molecular formula is C16H34N2O. The van der Waals surface area contributed by atoms with E-state index in [1.54, 1.807) is 0 Å². The van der Waals surface area contributed by atoms with E-state index in [-0.39, 0.29) is 12.1 Å². The molecule has 0 aromatic rings. The van der Waals surface area contributed by atoms with Crippen molar-refractivity contribution in [3.63, 3.8) is 0 Å². The molecule has 1 fully saturated rings. The van der Waals surface area contributed by atoms with Crippen molar-refractivity contribution in [2.45, 2.75) is 58.9 Å². The molecule has 3 nitrogen and oxygen atoms in total. The van der Waals surface area contributed by atoms with E-state index in [1.165, 1.54) is 25.9 Å². The Kier molecular flexibility index (Phi) is 7.33. The Bertz CT molecular complexity index is 237. The lowest BCUT2D eigenvalue weighted by Crippen LogP contribution is -2.49. The highest BCUT2D eigenvalue weighted by Crippen LogP contribution is 2.24. The average Bonchev–Trinajstić information content (AvgIpc) is 2.43. The van der Waals surface area contributed by atoms with Crippen LogP contribution in [0.2, 0.25) is 0 Å². The van der Waals surface area contributed by atoms with E-state index >= 15 is 0 Å². The van der Waals surface area contributed by atoms with Crippen molar-refractivity contribution in [3.05, 3.63) is 0 Å². The van der Waals surface area contributed by atoms with E-state index in [4.69, 9.17) is 0 Å². The van der Waals surface area contributed by atoms with Gasteiger partial charge in [-0.05, 0) is 70.6 Å². The molecule has 2 N–H and O–H groups in total. The molecule has 1 aliphatic rings. The van der Waals surface area contributed by atoms with Crippen LogP contribution < -0.4 is 5.32 Å². The smallest absolute Gasteiger partial charge is 0.0611 e. The maximum absolute atomic E-state index is 9.58. The summed E-state index contributed by atoms with van der Waals surface area (Å²) in [6.45, 7) is 13.8.